The molecule has 0 aliphatic carbocycles. The summed E-state index contributed by atoms with van der Waals surface area (Å²) in [4.78, 5) is 10.6. The third-order valence-corrected chi connectivity index (χ3v) is 2.36. The Hall–Kier alpha value is -2.10. The fourth-order valence-electron chi connectivity index (χ4n) is 1.57. The number of hydrogen-bond acceptors (Lipinski definition) is 4. The van der Waals surface area contributed by atoms with E-state index in [1.165, 1.54) is 0 Å². The van der Waals surface area contributed by atoms with Gasteiger partial charge in [-0.1, -0.05) is 18.7 Å². The van der Waals surface area contributed by atoms with Crippen molar-refractivity contribution in [2.45, 2.75) is 6.23 Å². The molecule has 0 aromatic heterocycles. The second kappa shape index (κ2) is 4.18. The van der Waals surface area contributed by atoms with Gasteiger partial charge in [0.05, 0.1) is 7.11 Å². The zero-order valence-electron chi connectivity index (χ0n) is 8.84. The Kier molecular flexibility index (Phi) is 2.72. The average Bonchev–Trinajstić information content (AvgIpc) is 2.70. The number of nitrogens with zero attached hydrogens (tertiary/aromatic N) is 1. The van der Waals surface area contributed by atoms with Crippen LogP contribution in [0.5, 0.6) is 5.75 Å². The third-order valence-electron chi connectivity index (χ3n) is 2.36. The Balaban J connectivity index is 2.32. The average molecular weight is 217 g/mol. The molecular weight excluding hydrogens is 206 g/mol. The van der Waals surface area contributed by atoms with Gasteiger partial charge in [-0.25, -0.2) is 0 Å². The fraction of sp³-hybridized carbons (Fsp3) is 0.167. The monoisotopic (exact) mass is 217 g/mol. The molecule has 1 unspecified atom stereocenters. The summed E-state index contributed by atoms with van der Waals surface area (Å²) in [6, 6.07) is 7.34. The number of ether oxygens (including phenoxy) is 2. The molecule has 1 aromatic rings. The summed E-state index contributed by atoms with van der Waals surface area (Å²) in [6.45, 7) is 3.64. The maximum atomic E-state index is 10.6. The van der Waals surface area contributed by atoms with Crippen LogP contribution in [0.4, 0.5) is 0 Å². The van der Waals surface area contributed by atoms with Gasteiger partial charge < -0.3 is 9.47 Å². The highest BCUT2D eigenvalue weighted by Crippen LogP contribution is 2.31. The van der Waals surface area contributed by atoms with Gasteiger partial charge in [0.1, 0.15) is 11.5 Å². The molecule has 1 aliphatic rings. The summed E-state index contributed by atoms with van der Waals surface area (Å²) < 4.78 is 10.2. The summed E-state index contributed by atoms with van der Waals surface area (Å²) in [5, 5.41) is 2.91. The Morgan fingerprint density at radius 3 is 2.62 bits per heavy atom. The fourth-order valence-corrected chi connectivity index (χ4v) is 1.57. The molecule has 16 heavy (non-hydrogen) atoms. The van der Waals surface area contributed by atoms with Crippen LogP contribution in [0, 0.1) is 4.91 Å². The second-order valence-corrected chi connectivity index (χ2v) is 3.37. The van der Waals surface area contributed by atoms with Crippen LogP contribution < -0.4 is 4.74 Å². The number of methoxy groups -OCH3 is 1. The largest absolute Gasteiger partial charge is 0.497 e. The van der Waals surface area contributed by atoms with E-state index in [2.05, 4.69) is 11.8 Å². The molecule has 0 fully saturated rings. The highest BCUT2D eigenvalue weighted by molar-refractivity contribution is 5.73. The number of hydrogen-bond donors (Lipinski definition) is 0. The second-order valence-electron chi connectivity index (χ2n) is 3.37. The van der Waals surface area contributed by atoms with Crippen LogP contribution in [-0.2, 0) is 4.74 Å². The van der Waals surface area contributed by atoms with E-state index in [4.69, 9.17) is 9.47 Å². The number of rotatable bonds is 3. The van der Waals surface area contributed by atoms with E-state index < -0.39 is 6.23 Å². The van der Waals surface area contributed by atoms with Crippen molar-refractivity contribution in [3.05, 3.63) is 53.2 Å². The van der Waals surface area contributed by atoms with E-state index in [0.717, 1.165) is 16.9 Å². The number of allylic oxidation sites excluding steroid dienone is 1. The number of benzene rings is 1. The first-order valence-corrected chi connectivity index (χ1v) is 4.78. The van der Waals surface area contributed by atoms with Crippen molar-refractivity contribution in [2.24, 2.45) is 5.18 Å². The van der Waals surface area contributed by atoms with Gasteiger partial charge in [0.2, 0.25) is 0 Å². The molecular formula is C12H11NO3. The zero-order valence-corrected chi connectivity index (χ0v) is 8.84. The Morgan fingerprint density at radius 2 is 2.06 bits per heavy atom. The van der Waals surface area contributed by atoms with Gasteiger partial charge in [0.25, 0.3) is 6.23 Å². The quantitative estimate of drug-likeness (QED) is 0.731. The van der Waals surface area contributed by atoms with Crippen LogP contribution >= 0.6 is 0 Å². The minimum absolute atomic E-state index is 0.454. The van der Waals surface area contributed by atoms with Crippen molar-refractivity contribution in [1.29, 1.82) is 0 Å². The van der Waals surface area contributed by atoms with Crippen molar-refractivity contribution >= 4 is 5.57 Å². The topological polar surface area (TPSA) is 47.9 Å². The molecule has 0 N–H and O–H groups in total. The lowest BCUT2D eigenvalue weighted by atomic mass is 10.1. The summed E-state index contributed by atoms with van der Waals surface area (Å²) in [6.07, 6.45) is 0.925. The molecule has 4 nitrogen and oxygen atoms in total. The maximum Gasteiger partial charge on any atom is 0.255 e. The van der Waals surface area contributed by atoms with E-state index >= 15 is 0 Å². The van der Waals surface area contributed by atoms with Crippen LogP contribution in [0.3, 0.4) is 0 Å². The van der Waals surface area contributed by atoms with E-state index in [9.17, 15) is 4.91 Å². The molecule has 82 valence electrons. The van der Waals surface area contributed by atoms with Gasteiger partial charge in [-0.15, -0.1) is 4.91 Å². The molecule has 4 heteroatoms. The van der Waals surface area contributed by atoms with E-state index in [1.54, 1.807) is 13.2 Å². The highest BCUT2D eigenvalue weighted by Gasteiger charge is 2.24. The minimum Gasteiger partial charge on any atom is -0.497 e. The molecule has 0 amide bonds. The highest BCUT2D eigenvalue weighted by atomic mass is 16.5. The molecule has 1 heterocycles. The molecule has 0 saturated carbocycles. The minimum atomic E-state index is -0.791. The maximum absolute atomic E-state index is 10.6. The molecule has 1 atom stereocenters. The van der Waals surface area contributed by atoms with Crippen molar-refractivity contribution in [2.75, 3.05) is 7.11 Å². The van der Waals surface area contributed by atoms with Gasteiger partial charge in [0, 0.05) is 5.57 Å². The first-order valence-electron chi connectivity index (χ1n) is 4.78. The summed E-state index contributed by atoms with van der Waals surface area (Å²) in [7, 11) is 1.60. The van der Waals surface area contributed by atoms with Gasteiger partial charge in [-0.2, -0.15) is 0 Å². The van der Waals surface area contributed by atoms with Crippen molar-refractivity contribution in [3.8, 4) is 5.75 Å². The van der Waals surface area contributed by atoms with E-state index in [0.29, 0.717) is 5.76 Å². The lowest BCUT2D eigenvalue weighted by molar-refractivity contribution is 0.195. The van der Waals surface area contributed by atoms with Gasteiger partial charge in [-0.05, 0) is 28.9 Å². The third kappa shape index (κ3) is 1.82. The van der Waals surface area contributed by atoms with Crippen molar-refractivity contribution < 1.29 is 9.47 Å². The molecule has 0 spiro atoms. The van der Waals surface area contributed by atoms with Gasteiger partial charge >= 0.3 is 0 Å². The first-order chi connectivity index (χ1) is 7.74. The summed E-state index contributed by atoms with van der Waals surface area (Å²) in [5.41, 5.74) is 1.60. The van der Waals surface area contributed by atoms with Crippen LogP contribution in [0.2, 0.25) is 0 Å². The molecule has 0 radical (unpaired) electrons. The van der Waals surface area contributed by atoms with Gasteiger partial charge in [-0.3, -0.25) is 0 Å². The van der Waals surface area contributed by atoms with Crippen LogP contribution in [0.25, 0.3) is 5.57 Å². The standard InChI is InChI=1S/C12H11NO3/c1-8-7-11(12(13-14)16-8)9-3-5-10(15-2)6-4-9/h3-7,12H,1H2,2H3. The zero-order chi connectivity index (χ0) is 11.5. The van der Waals surface area contributed by atoms with Gasteiger partial charge in [0.15, 0.2) is 0 Å². The first kappa shape index (κ1) is 10.4. The molecule has 0 bridgehead atoms. The molecule has 0 saturated heterocycles. The lowest BCUT2D eigenvalue weighted by Gasteiger charge is -2.07. The summed E-state index contributed by atoms with van der Waals surface area (Å²) >= 11 is 0. The SMILES string of the molecule is C=C1C=C(c2ccc(OC)cc2)C(N=O)O1. The van der Waals surface area contributed by atoms with Crippen LogP contribution in [-0.4, -0.2) is 13.3 Å². The van der Waals surface area contributed by atoms with Crippen molar-refractivity contribution in [3.63, 3.8) is 0 Å². The predicted octanol–water partition coefficient (Wildman–Crippen LogP) is 2.72. The Bertz CT molecular complexity index is 448. The van der Waals surface area contributed by atoms with Crippen LogP contribution in [0.15, 0.2) is 47.9 Å². The molecule has 1 aromatic carbocycles. The predicted molar refractivity (Wildman–Crippen MR) is 60.8 cm³/mol. The normalized spacial score (nSPS) is 18.9. The van der Waals surface area contributed by atoms with E-state index in [1.807, 2.05) is 24.3 Å². The summed E-state index contributed by atoms with van der Waals surface area (Å²) in [5.74, 6) is 1.22. The lowest BCUT2D eigenvalue weighted by Crippen LogP contribution is -2.04. The van der Waals surface area contributed by atoms with Crippen molar-refractivity contribution in [1.82, 2.24) is 0 Å². The molecule has 1 aliphatic heterocycles. The number of nitroso groups, excluding NO2 is 1. The Morgan fingerprint density at radius 1 is 1.38 bits per heavy atom. The van der Waals surface area contributed by atoms with E-state index in [-0.39, 0.29) is 0 Å². The van der Waals surface area contributed by atoms with Crippen LogP contribution in [0.1, 0.15) is 5.56 Å². The Labute approximate surface area is 93.2 Å². The molecule has 2 rings (SSSR count). The smallest absolute Gasteiger partial charge is 0.255 e.